The number of amides is 2. The smallest absolute Gasteiger partial charge is 0.253 e. The summed E-state index contributed by atoms with van der Waals surface area (Å²) >= 11 is 12.1. The van der Waals surface area contributed by atoms with E-state index in [2.05, 4.69) is 15.7 Å². The van der Waals surface area contributed by atoms with Crippen molar-refractivity contribution in [1.29, 1.82) is 0 Å². The fourth-order valence-corrected chi connectivity index (χ4v) is 3.47. The number of carbonyl (C=O) groups is 2. The third kappa shape index (κ3) is 6.34. The van der Waals surface area contributed by atoms with Gasteiger partial charge in [0.2, 0.25) is 5.91 Å². The van der Waals surface area contributed by atoms with Gasteiger partial charge in [0.05, 0.1) is 10.6 Å². The summed E-state index contributed by atoms with van der Waals surface area (Å²) in [5.41, 5.74) is 1.21. The van der Waals surface area contributed by atoms with Gasteiger partial charge in [0.25, 0.3) is 5.91 Å². The molecule has 0 fully saturated rings. The fraction of sp³-hybridized carbons (Fsp3) is 0.227. The zero-order valence-corrected chi connectivity index (χ0v) is 17.7. The minimum absolute atomic E-state index is 0.234. The topological polar surface area (TPSA) is 76.0 Å². The molecule has 2 N–H and O–H groups in total. The van der Waals surface area contributed by atoms with Gasteiger partial charge in [-0.15, -0.1) is 0 Å². The van der Waals surface area contributed by atoms with Crippen LogP contribution in [0.3, 0.4) is 0 Å². The van der Waals surface area contributed by atoms with Crippen LogP contribution in [-0.2, 0) is 17.8 Å². The molecule has 0 aliphatic heterocycles. The van der Waals surface area contributed by atoms with Crippen molar-refractivity contribution in [2.24, 2.45) is 0 Å². The molecule has 3 rings (SSSR count). The van der Waals surface area contributed by atoms with Gasteiger partial charge in [0.1, 0.15) is 6.04 Å². The highest BCUT2D eigenvalue weighted by molar-refractivity contribution is 6.36. The van der Waals surface area contributed by atoms with Gasteiger partial charge in [-0.25, -0.2) is 0 Å². The van der Waals surface area contributed by atoms with Crippen molar-refractivity contribution in [1.82, 2.24) is 20.4 Å². The lowest BCUT2D eigenvalue weighted by molar-refractivity contribution is -0.122. The molecule has 0 radical (unpaired) electrons. The van der Waals surface area contributed by atoms with E-state index in [9.17, 15) is 9.59 Å². The van der Waals surface area contributed by atoms with Gasteiger partial charge >= 0.3 is 0 Å². The average Bonchev–Trinajstić information content (AvgIpc) is 3.25. The van der Waals surface area contributed by atoms with Crippen LogP contribution in [0.1, 0.15) is 22.3 Å². The van der Waals surface area contributed by atoms with Crippen LogP contribution in [0.2, 0.25) is 10.0 Å². The molecule has 1 aromatic heterocycles. The summed E-state index contributed by atoms with van der Waals surface area (Å²) in [7, 11) is 0. The summed E-state index contributed by atoms with van der Waals surface area (Å²) in [5.74, 6) is -0.679. The molecule has 0 aliphatic carbocycles. The molecular weight excluding hydrogens is 423 g/mol. The van der Waals surface area contributed by atoms with E-state index in [1.54, 1.807) is 23.0 Å². The van der Waals surface area contributed by atoms with Gasteiger partial charge in [-0.05, 0) is 36.2 Å². The Morgan fingerprint density at radius 3 is 2.57 bits per heavy atom. The summed E-state index contributed by atoms with van der Waals surface area (Å²) in [6.45, 7) is 1.17. The van der Waals surface area contributed by atoms with E-state index < -0.39 is 11.9 Å². The zero-order valence-electron chi connectivity index (χ0n) is 16.2. The Balaban J connectivity index is 1.64. The number of aryl methyl sites for hydroxylation is 1. The highest BCUT2D eigenvalue weighted by Crippen LogP contribution is 2.21. The first kappa shape index (κ1) is 21.9. The minimum atomic E-state index is -0.739. The first-order valence-electron chi connectivity index (χ1n) is 9.58. The van der Waals surface area contributed by atoms with Crippen LogP contribution in [0, 0.1) is 0 Å². The molecule has 6 nitrogen and oxygen atoms in total. The Hall–Kier alpha value is -2.83. The van der Waals surface area contributed by atoms with Crippen molar-refractivity contribution < 1.29 is 9.59 Å². The van der Waals surface area contributed by atoms with Crippen LogP contribution in [0.15, 0.2) is 67.0 Å². The zero-order chi connectivity index (χ0) is 21.3. The lowest BCUT2D eigenvalue weighted by Gasteiger charge is -2.19. The first-order chi connectivity index (χ1) is 14.5. The van der Waals surface area contributed by atoms with Crippen molar-refractivity contribution in [3.63, 3.8) is 0 Å². The van der Waals surface area contributed by atoms with Gasteiger partial charge in [0, 0.05) is 36.9 Å². The number of carbonyl (C=O) groups excluding carboxylic acids is 2. The predicted molar refractivity (Wildman–Crippen MR) is 118 cm³/mol. The molecule has 1 heterocycles. The largest absolute Gasteiger partial charge is 0.354 e. The monoisotopic (exact) mass is 444 g/mol. The normalized spacial score (nSPS) is 11.7. The number of hydrogen-bond donors (Lipinski definition) is 2. The fourth-order valence-electron chi connectivity index (χ4n) is 2.98. The van der Waals surface area contributed by atoms with Gasteiger partial charge in [-0.3, -0.25) is 14.3 Å². The Kier molecular flexibility index (Phi) is 7.88. The van der Waals surface area contributed by atoms with E-state index in [-0.39, 0.29) is 16.5 Å². The van der Waals surface area contributed by atoms with Crippen molar-refractivity contribution in [3.8, 4) is 0 Å². The van der Waals surface area contributed by atoms with Gasteiger partial charge in [-0.1, -0.05) is 53.5 Å². The Morgan fingerprint density at radius 1 is 1.07 bits per heavy atom. The van der Waals surface area contributed by atoms with Crippen LogP contribution in [0.5, 0.6) is 0 Å². The average molecular weight is 445 g/mol. The quantitative estimate of drug-likeness (QED) is 0.493. The molecule has 156 valence electrons. The maximum Gasteiger partial charge on any atom is 0.253 e. The molecule has 0 aliphatic rings. The van der Waals surface area contributed by atoms with E-state index in [1.807, 2.05) is 42.6 Å². The van der Waals surface area contributed by atoms with Crippen molar-refractivity contribution >= 4 is 35.0 Å². The standard InChI is InChI=1S/C22H22Cl2N4O2/c23-17-8-9-18(19(24)15-17)21(29)27-20(14-16-6-2-1-3-7-16)22(30)25-10-4-12-28-13-5-11-26-28/h1-3,5-9,11,13,15,20H,4,10,12,14H2,(H,25,30)(H,27,29)/t20-/m0/s1. The lowest BCUT2D eigenvalue weighted by Crippen LogP contribution is -2.48. The van der Waals surface area contributed by atoms with Gasteiger partial charge in [0.15, 0.2) is 0 Å². The molecule has 3 aromatic rings. The van der Waals surface area contributed by atoms with E-state index in [1.165, 1.54) is 6.07 Å². The van der Waals surface area contributed by atoms with Crippen molar-refractivity contribution in [3.05, 3.63) is 88.2 Å². The molecule has 1 atom stereocenters. The molecule has 2 aromatic carbocycles. The molecule has 30 heavy (non-hydrogen) atoms. The van der Waals surface area contributed by atoms with Gasteiger partial charge in [-0.2, -0.15) is 5.10 Å². The molecular formula is C22H22Cl2N4O2. The Bertz CT molecular complexity index is 978. The second-order valence-electron chi connectivity index (χ2n) is 6.75. The third-order valence-electron chi connectivity index (χ3n) is 4.50. The van der Waals surface area contributed by atoms with Crippen LogP contribution >= 0.6 is 23.2 Å². The summed E-state index contributed by atoms with van der Waals surface area (Å²) in [4.78, 5) is 25.5. The maximum absolute atomic E-state index is 12.8. The van der Waals surface area contributed by atoms with E-state index in [0.29, 0.717) is 24.5 Å². The molecule has 0 saturated carbocycles. The molecule has 0 spiro atoms. The Labute approximate surface area is 185 Å². The summed E-state index contributed by atoms with van der Waals surface area (Å²) < 4.78 is 1.80. The number of rotatable bonds is 9. The predicted octanol–water partition coefficient (Wildman–Crippen LogP) is 3.74. The van der Waals surface area contributed by atoms with Crippen molar-refractivity contribution in [2.45, 2.75) is 25.4 Å². The number of nitrogens with one attached hydrogen (secondary N) is 2. The maximum atomic E-state index is 12.8. The Morgan fingerprint density at radius 2 is 1.87 bits per heavy atom. The summed E-state index contributed by atoms with van der Waals surface area (Å²) in [6.07, 6.45) is 4.67. The van der Waals surface area contributed by atoms with Crippen LogP contribution in [-0.4, -0.2) is 34.2 Å². The molecule has 0 bridgehead atoms. The molecule has 8 heteroatoms. The lowest BCUT2D eigenvalue weighted by atomic mass is 10.0. The number of benzene rings is 2. The van der Waals surface area contributed by atoms with Crippen LogP contribution in [0.25, 0.3) is 0 Å². The second kappa shape index (κ2) is 10.8. The van der Waals surface area contributed by atoms with Crippen molar-refractivity contribution in [2.75, 3.05) is 6.54 Å². The van der Waals surface area contributed by atoms with Crippen LogP contribution < -0.4 is 10.6 Å². The number of nitrogens with zero attached hydrogens (tertiary/aromatic N) is 2. The highest BCUT2D eigenvalue weighted by atomic mass is 35.5. The van der Waals surface area contributed by atoms with Crippen LogP contribution in [0.4, 0.5) is 0 Å². The molecule has 0 saturated heterocycles. The second-order valence-corrected chi connectivity index (χ2v) is 7.60. The number of aromatic nitrogens is 2. The molecule has 2 amide bonds. The van der Waals surface area contributed by atoms with E-state index in [4.69, 9.17) is 23.2 Å². The SMILES string of the molecule is O=C(N[C@@H](Cc1ccccc1)C(=O)NCCCn1cccn1)c1ccc(Cl)cc1Cl. The summed E-state index contributed by atoms with van der Waals surface area (Å²) in [5, 5.41) is 10.5. The van der Waals surface area contributed by atoms with E-state index >= 15 is 0 Å². The summed E-state index contributed by atoms with van der Waals surface area (Å²) in [6, 6.07) is 15.3. The number of halogens is 2. The van der Waals surface area contributed by atoms with Gasteiger partial charge < -0.3 is 10.6 Å². The molecule has 0 unspecified atom stereocenters. The highest BCUT2D eigenvalue weighted by Gasteiger charge is 2.22. The number of hydrogen-bond acceptors (Lipinski definition) is 3. The minimum Gasteiger partial charge on any atom is -0.354 e. The van der Waals surface area contributed by atoms with E-state index in [0.717, 1.165) is 12.0 Å². The third-order valence-corrected chi connectivity index (χ3v) is 5.05. The first-order valence-corrected chi connectivity index (χ1v) is 10.3.